The summed E-state index contributed by atoms with van der Waals surface area (Å²) in [5.41, 5.74) is 4.00. The monoisotopic (exact) mass is 598 g/mol. The van der Waals surface area contributed by atoms with E-state index in [1.807, 2.05) is 24.4 Å². The quantitative estimate of drug-likeness (QED) is 0.291. The number of aromatic nitrogens is 2. The topological polar surface area (TPSA) is 82.5 Å². The lowest BCUT2D eigenvalue weighted by molar-refractivity contribution is 0.103. The van der Waals surface area contributed by atoms with E-state index in [0.717, 1.165) is 44.2 Å². The van der Waals surface area contributed by atoms with Crippen LogP contribution in [0.4, 0.5) is 27.3 Å². The summed E-state index contributed by atoms with van der Waals surface area (Å²) in [5.74, 6) is 1.06. The third kappa shape index (κ3) is 5.57. The molecule has 2 aliphatic carbocycles. The van der Waals surface area contributed by atoms with Crippen molar-refractivity contribution in [1.29, 1.82) is 0 Å². The number of aryl methyl sites for hydroxylation is 1. The Morgan fingerprint density at radius 1 is 1.00 bits per heavy atom. The summed E-state index contributed by atoms with van der Waals surface area (Å²) in [6.07, 6.45) is 8.26. The second-order valence-corrected chi connectivity index (χ2v) is 13.2. The van der Waals surface area contributed by atoms with Gasteiger partial charge in [-0.25, -0.2) is 9.37 Å². The fourth-order valence-electron chi connectivity index (χ4n) is 6.66. The highest BCUT2D eigenvalue weighted by molar-refractivity contribution is 7.14. The number of halogens is 1. The molecular weight excluding hydrogens is 563 g/mol. The number of hydrogen-bond donors (Lipinski definition) is 2. The number of anilines is 4. The number of fused-ring (bicyclic) bond motifs is 4. The normalized spacial score (nSPS) is 19.7. The first-order valence-corrected chi connectivity index (χ1v) is 15.7. The Hall–Kier alpha value is -4.02. The maximum Gasteiger partial charge on any atom is 0.274 e. The molecule has 0 spiro atoms. The summed E-state index contributed by atoms with van der Waals surface area (Å²) in [7, 11) is 3.80. The van der Waals surface area contributed by atoms with Crippen LogP contribution in [-0.4, -0.2) is 53.6 Å². The van der Waals surface area contributed by atoms with Gasteiger partial charge in [0.2, 0.25) is 0 Å². The highest BCUT2D eigenvalue weighted by Gasteiger charge is 2.35. The van der Waals surface area contributed by atoms with Gasteiger partial charge in [0.15, 0.2) is 0 Å². The average Bonchev–Trinajstić information content (AvgIpc) is 3.62. The van der Waals surface area contributed by atoms with E-state index in [-0.39, 0.29) is 17.2 Å². The van der Waals surface area contributed by atoms with Crippen molar-refractivity contribution in [1.82, 2.24) is 14.5 Å². The number of carbonyl (C=O) groups excluding carboxylic acids is 1. The zero-order valence-electron chi connectivity index (χ0n) is 24.4. The van der Waals surface area contributed by atoms with Crippen molar-refractivity contribution in [3.05, 3.63) is 86.3 Å². The number of pyridine rings is 2. The van der Waals surface area contributed by atoms with Gasteiger partial charge in [0.05, 0.1) is 22.4 Å². The molecule has 4 aromatic rings. The molecular formula is C33H35FN6O2S. The van der Waals surface area contributed by atoms with Crippen molar-refractivity contribution < 1.29 is 9.18 Å². The van der Waals surface area contributed by atoms with Crippen LogP contribution in [0.1, 0.15) is 45.3 Å². The van der Waals surface area contributed by atoms with Gasteiger partial charge in [0.25, 0.3) is 11.5 Å². The van der Waals surface area contributed by atoms with Gasteiger partial charge in [-0.15, -0.1) is 11.3 Å². The Bertz CT molecular complexity index is 1740. The number of benzene rings is 1. The first-order valence-electron chi connectivity index (χ1n) is 14.9. The highest BCUT2D eigenvalue weighted by atomic mass is 32.1. The van der Waals surface area contributed by atoms with E-state index >= 15 is 0 Å². The molecule has 2 bridgehead atoms. The smallest absolute Gasteiger partial charge is 0.274 e. The maximum atomic E-state index is 14.9. The number of carbonyl (C=O) groups is 1. The summed E-state index contributed by atoms with van der Waals surface area (Å²) in [6, 6.07) is 12.3. The second kappa shape index (κ2) is 11.2. The average molecular weight is 599 g/mol. The van der Waals surface area contributed by atoms with E-state index in [1.54, 1.807) is 42.8 Å². The lowest BCUT2D eigenvalue weighted by Crippen LogP contribution is -2.44. The van der Waals surface area contributed by atoms with Gasteiger partial charge in [-0.2, -0.15) is 0 Å². The van der Waals surface area contributed by atoms with Crippen molar-refractivity contribution in [3.63, 3.8) is 0 Å². The van der Waals surface area contributed by atoms with E-state index in [4.69, 9.17) is 0 Å². The van der Waals surface area contributed by atoms with Gasteiger partial charge in [0, 0.05) is 49.9 Å². The fourth-order valence-corrected chi connectivity index (χ4v) is 7.92. The SMILES string of the molecule is CN1CCN(c2ccc(Nc3cc(-c4ccc(F)c(NC(=O)c5cc6c(s5)CC5CCC6C5)c4)cn(C)c3=O)nc2)CC1. The number of amides is 1. The van der Waals surface area contributed by atoms with E-state index in [0.29, 0.717) is 33.4 Å². The largest absolute Gasteiger partial charge is 0.368 e. The lowest BCUT2D eigenvalue weighted by atomic mass is 9.88. The molecule has 4 heterocycles. The number of thiophene rings is 1. The number of rotatable bonds is 6. The van der Waals surface area contributed by atoms with E-state index in [1.165, 1.54) is 40.3 Å². The highest BCUT2D eigenvalue weighted by Crippen LogP contribution is 2.48. The predicted octanol–water partition coefficient (Wildman–Crippen LogP) is 5.84. The number of piperazine rings is 1. The van der Waals surface area contributed by atoms with Gasteiger partial charge in [-0.1, -0.05) is 6.07 Å². The Morgan fingerprint density at radius 2 is 1.81 bits per heavy atom. The third-order valence-electron chi connectivity index (χ3n) is 9.13. The van der Waals surface area contributed by atoms with Crippen LogP contribution in [0.2, 0.25) is 0 Å². The minimum Gasteiger partial charge on any atom is -0.368 e. The minimum atomic E-state index is -0.509. The molecule has 1 aromatic carbocycles. The number of nitrogens with zero attached hydrogens (tertiary/aromatic N) is 4. The van der Waals surface area contributed by atoms with Gasteiger partial charge in [-0.3, -0.25) is 9.59 Å². The van der Waals surface area contributed by atoms with Crippen LogP contribution in [0.3, 0.4) is 0 Å². The van der Waals surface area contributed by atoms with Gasteiger partial charge >= 0.3 is 0 Å². The van der Waals surface area contributed by atoms with Crippen molar-refractivity contribution in [2.75, 3.05) is 48.8 Å². The standard InChI is InChI=1S/C33H35FN6O2S/c1-38-9-11-40(12-10-38)24-6-8-31(35-18-24)36-28-16-23(19-39(2)33(28)42)21-5-7-26(34)27(15-21)37-32(41)30-17-25-22-4-3-20(13-22)14-29(25)43-30/h5-8,15-20,22H,3-4,9-14H2,1-2H3,(H,35,36)(H,37,41). The van der Waals surface area contributed by atoms with Crippen LogP contribution in [-0.2, 0) is 13.5 Å². The molecule has 1 amide bonds. The molecule has 2 atom stereocenters. The first-order chi connectivity index (χ1) is 20.8. The van der Waals surface area contributed by atoms with E-state index in [9.17, 15) is 14.0 Å². The summed E-state index contributed by atoms with van der Waals surface area (Å²) in [6.45, 7) is 3.91. The van der Waals surface area contributed by atoms with Gasteiger partial charge in [-0.05, 0) is 92.1 Å². The second-order valence-electron chi connectivity index (χ2n) is 12.1. The summed E-state index contributed by atoms with van der Waals surface area (Å²) >= 11 is 1.54. The summed E-state index contributed by atoms with van der Waals surface area (Å²) in [5, 5.41) is 5.96. The Kier molecular flexibility index (Phi) is 7.26. The molecule has 1 saturated heterocycles. The zero-order valence-corrected chi connectivity index (χ0v) is 25.2. The number of hydrogen-bond acceptors (Lipinski definition) is 7. The zero-order chi connectivity index (χ0) is 29.7. The Labute approximate surface area is 254 Å². The third-order valence-corrected chi connectivity index (χ3v) is 10.3. The first kappa shape index (κ1) is 27.8. The molecule has 3 aliphatic rings. The number of likely N-dealkylation sites (N-methyl/N-ethyl adjacent to an activating group) is 1. The summed E-state index contributed by atoms with van der Waals surface area (Å²) < 4.78 is 16.4. The van der Waals surface area contributed by atoms with Crippen molar-refractivity contribution in [3.8, 4) is 11.1 Å². The Morgan fingerprint density at radius 3 is 2.60 bits per heavy atom. The molecule has 3 aromatic heterocycles. The van der Waals surface area contributed by atoms with Crippen LogP contribution in [0.15, 0.2) is 59.7 Å². The van der Waals surface area contributed by atoms with Gasteiger partial charge in [0.1, 0.15) is 17.3 Å². The summed E-state index contributed by atoms with van der Waals surface area (Å²) in [4.78, 5) is 37.3. The maximum absolute atomic E-state index is 14.9. The molecule has 7 rings (SSSR count). The van der Waals surface area contributed by atoms with Crippen molar-refractivity contribution in [2.24, 2.45) is 13.0 Å². The van der Waals surface area contributed by atoms with Crippen LogP contribution in [0.25, 0.3) is 11.1 Å². The van der Waals surface area contributed by atoms with Crippen LogP contribution in [0, 0.1) is 11.7 Å². The molecule has 2 N–H and O–H groups in total. The molecule has 10 heteroatoms. The molecule has 1 saturated carbocycles. The lowest BCUT2D eigenvalue weighted by Gasteiger charge is -2.33. The number of nitrogens with one attached hydrogen (secondary N) is 2. The van der Waals surface area contributed by atoms with E-state index < -0.39 is 5.82 Å². The van der Waals surface area contributed by atoms with Crippen LogP contribution in [0.5, 0.6) is 0 Å². The van der Waals surface area contributed by atoms with Crippen molar-refractivity contribution >= 4 is 40.1 Å². The predicted molar refractivity (Wildman–Crippen MR) is 170 cm³/mol. The van der Waals surface area contributed by atoms with Crippen LogP contribution < -0.4 is 21.1 Å². The molecule has 222 valence electrons. The van der Waals surface area contributed by atoms with E-state index in [2.05, 4.69) is 32.5 Å². The molecule has 0 radical (unpaired) electrons. The molecule has 8 nitrogen and oxygen atoms in total. The fraction of sp³-hybridized carbons (Fsp3) is 0.364. The Balaban J connectivity index is 1.10. The van der Waals surface area contributed by atoms with Crippen LogP contribution >= 0.6 is 11.3 Å². The molecule has 2 fully saturated rings. The molecule has 43 heavy (non-hydrogen) atoms. The minimum absolute atomic E-state index is 0.111. The van der Waals surface area contributed by atoms with Crippen molar-refractivity contribution in [2.45, 2.75) is 31.6 Å². The molecule has 2 unspecified atom stereocenters. The van der Waals surface area contributed by atoms with Gasteiger partial charge < -0.3 is 25.0 Å². The molecule has 1 aliphatic heterocycles.